The first kappa shape index (κ1) is 14.3. The Hall–Kier alpha value is -1.11. The fourth-order valence-electron chi connectivity index (χ4n) is 2.43. The number of benzene rings is 1. The highest BCUT2D eigenvalue weighted by atomic mass is 32.2. The molecule has 1 fully saturated rings. The van der Waals surface area contributed by atoms with Crippen LogP contribution in [0.4, 0.5) is 0 Å². The smallest absolute Gasteiger partial charge is 0.243 e. The minimum absolute atomic E-state index is 0.0727. The minimum Gasteiger partial charge on any atom is -0.508 e. The topological polar surface area (TPSA) is 77.8 Å². The first-order valence-electron chi connectivity index (χ1n) is 6.47. The Kier molecular flexibility index (Phi) is 4.44. The molecule has 0 aromatic heterocycles. The lowest BCUT2D eigenvalue weighted by molar-refractivity contribution is 0.186. The van der Waals surface area contributed by atoms with Crippen molar-refractivity contribution in [2.24, 2.45) is 0 Å². The molecule has 0 aliphatic carbocycles. The summed E-state index contributed by atoms with van der Waals surface area (Å²) in [5.41, 5.74) is 0. The molecule has 0 saturated carbocycles. The molecule has 1 atom stereocenters. The molecule has 1 saturated heterocycles. The maximum absolute atomic E-state index is 12.6. The van der Waals surface area contributed by atoms with E-state index in [0.29, 0.717) is 13.0 Å². The Morgan fingerprint density at radius 3 is 2.74 bits per heavy atom. The SMILES string of the molecule is O=S(=O)(c1cccc(O)c1)N1CCCCCC1CO. The molecular weight excluding hydrogens is 266 g/mol. The molecule has 1 aliphatic rings. The molecule has 2 N–H and O–H groups in total. The van der Waals surface area contributed by atoms with Crippen LogP contribution in [0, 0.1) is 0 Å². The van der Waals surface area contributed by atoms with Gasteiger partial charge < -0.3 is 10.2 Å². The molecule has 106 valence electrons. The zero-order valence-corrected chi connectivity index (χ0v) is 11.5. The fraction of sp³-hybridized carbons (Fsp3) is 0.538. The first-order valence-corrected chi connectivity index (χ1v) is 7.91. The zero-order chi connectivity index (χ0) is 13.9. The number of nitrogens with zero attached hydrogens (tertiary/aromatic N) is 1. The van der Waals surface area contributed by atoms with E-state index < -0.39 is 10.0 Å². The number of hydrogen-bond donors (Lipinski definition) is 2. The van der Waals surface area contributed by atoms with Crippen LogP contribution >= 0.6 is 0 Å². The van der Waals surface area contributed by atoms with Crippen molar-refractivity contribution in [2.75, 3.05) is 13.2 Å². The van der Waals surface area contributed by atoms with Gasteiger partial charge in [-0.15, -0.1) is 0 Å². The summed E-state index contributed by atoms with van der Waals surface area (Å²) < 4.78 is 26.5. The molecule has 0 amide bonds. The van der Waals surface area contributed by atoms with Crippen LogP contribution < -0.4 is 0 Å². The predicted molar refractivity (Wildman–Crippen MR) is 71.3 cm³/mol. The van der Waals surface area contributed by atoms with Crippen LogP contribution in [0.5, 0.6) is 5.75 Å². The monoisotopic (exact) mass is 285 g/mol. The molecule has 0 spiro atoms. The Morgan fingerprint density at radius 1 is 1.26 bits per heavy atom. The fourth-order valence-corrected chi connectivity index (χ4v) is 4.15. The summed E-state index contributed by atoms with van der Waals surface area (Å²) in [7, 11) is -3.66. The molecular formula is C13H19NO4S. The van der Waals surface area contributed by atoms with E-state index in [2.05, 4.69) is 0 Å². The van der Waals surface area contributed by atoms with Gasteiger partial charge in [0, 0.05) is 12.6 Å². The second kappa shape index (κ2) is 5.90. The number of sulfonamides is 1. The van der Waals surface area contributed by atoms with Crippen LogP contribution in [0.2, 0.25) is 0 Å². The average molecular weight is 285 g/mol. The van der Waals surface area contributed by atoms with Crippen LogP contribution in [-0.4, -0.2) is 42.1 Å². The molecule has 2 rings (SSSR count). The van der Waals surface area contributed by atoms with Crippen molar-refractivity contribution in [3.05, 3.63) is 24.3 Å². The number of phenolic OH excluding ortho intramolecular Hbond substituents is 1. The third kappa shape index (κ3) is 3.08. The van der Waals surface area contributed by atoms with Gasteiger partial charge in [-0.05, 0) is 31.0 Å². The Morgan fingerprint density at radius 2 is 2.05 bits per heavy atom. The van der Waals surface area contributed by atoms with Crippen molar-refractivity contribution in [2.45, 2.75) is 36.6 Å². The number of aliphatic hydroxyl groups is 1. The Balaban J connectivity index is 2.36. The van der Waals surface area contributed by atoms with Crippen LogP contribution in [0.3, 0.4) is 0 Å². The maximum atomic E-state index is 12.6. The lowest BCUT2D eigenvalue weighted by atomic mass is 10.1. The summed E-state index contributed by atoms with van der Waals surface area (Å²) in [4.78, 5) is 0.0767. The second-order valence-corrected chi connectivity index (χ2v) is 6.69. The predicted octanol–water partition coefficient (Wildman–Crippen LogP) is 1.32. The van der Waals surface area contributed by atoms with Gasteiger partial charge in [0.2, 0.25) is 10.0 Å². The summed E-state index contributed by atoms with van der Waals surface area (Å²) >= 11 is 0. The minimum atomic E-state index is -3.66. The molecule has 19 heavy (non-hydrogen) atoms. The Bertz CT molecular complexity index is 529. The molecule has 6 heteroatoms. The summed E-state index contributed by atoms with van der Waals surface area (Å²) in [6, 6.07) is 5.29. The highest BCUT2D eigenvalue weighted by molar-refractivity contribution is 7.89. The van der Waals surface area contributed by atoms with Crippen LogP contribution in [0.15, 0.2) is 29.2 Å². The summed E-state index contributed by atoms with van der Waals surface area (Å²) in [5.74, 6) is -0.0727. The van der Waals surface area contributed by atoms with Crippen molar-refractivity contribution in [1.82, 2.24) is 4.31 Å². The van der Waals surface area contributed by atoms with E-state index in [1.165, 1.54) is 28.6 Å². The van der Waals surface area contributed by atoms with Crippen LogP contribution in [0.1, 0.15) is 25.7 Å². The summed E-state index contributed by atoms with van der Waals surface area (Å²) in [6.45, 7) is 0.251. The zero-order valence-electron chi connectivity index (χ0n) is 10.7. The molecule has 1 unspecified atom stereocenters. The van der Waals surface area contributed by atoms with Crippen molar-refractivity contribution in [3.8, 4) is 5.75 Å². The quantitative estimate of drug-likeness (QED) is 0.878. The third-order valence-corrected chi connectivity index (χ3v) is 5.41. The van der Waals surface area contributed by atoms with Crippen LogP contribution in [0.25, 0.3) is 0 Å². The molecule has 1 heterocycles. The van der Waals surface area contributed by atoms with E-state index >= 15 is 0 Å². The number of rotatable bonds is 3. The van der Waals surface area contributed by atoms with E-state index in [1.54, 1.807) is 0 Å². The van der Waals surface area contributed by atoms with E-state index in [1.807, 2.05) is 0 Å². The van der Waals surface area contributed by atoms with E-state index in [4.69, 9.17) is 0 Å². The Labute approximate surface area is 113 Å². The van der Waals surface area contributed by atoms with Gasteiger partial charge >= 0.3 is 0 Å². The number of phenols is 1. The van der Waals surface area contributed by atoms with Gasteiger partial charge in [-0.3, -0.25) is 0 Å². The van der Waals surface area contributed by atoms with E-state index in [0.717, 1.165) is 19.3 Å². The normalized spacial score (nSPS) is 22.1. The first-order chi connectivity index (χ1) is 9.05. The van der Waals surface area contributed by atoms with Gasteiger partial charge in [-0.1, -0.05) is 18.9 Å². The number of aliphatic hydroxyl groups excluding tert-OH is 1. The molecule has 1 aromatic rings. The van der Waals surface area contributed by atoms with Gasteiger partial charge in [0.1, 0.15) is 5.75 Å². The van der Waals surface area contributed by atoms with Crippen molar-refractivity contribution < 1.29 is 18.6 Å². The number of aromatic hydroxyl groups is 1. The molecule has 0 bridgehead atoms. The average Bonchev–Trinajstić information content (AvgIpc) is 2.64. The van der Waals surface area contributed by atoms with Gasteiger partial charge in [0.05, 0.1) is 11.5 Å². The lowest BCUT2D eigenvalue weighted by Gasteiger charge is -2.27. The van der Waals surface area contributed by atoms with Gasteiger partial charge in [-0.25, -0.2) is 8.42 Å². The third-order valence-electron chi connectivity index (χ3n) is 3.46. The molecule has 1 aliphatic heterocycles. The van der Waals surface area contributed by atoms with Crippen molar-refractivity contribution in [3.63, 3.8) is 0 Å². The summed E-state index contributed by atoms with van der Waals surface area (Å²) in [6.07, 6.45) is 3.38. The van der Waals surface area contributed by atoms with E-state index in [9.17, 15) is 18.6 Å². The van der Waals surface area contributed by atoms with Crippen LogP contribution in [-0.2, 0) is 10.0 Å². The molecule has 1 aromatic carbocycles. The highest BCUT2D eigenvalue weighted by Crippen LogP contribution is 2.26. The molecule has 0 radical (unpaired) electrons. The largest absolute Gasteiger partial charge is 0.508 e. The van der Waals surface area contributed by atoms with E-state index in [-0.39, 0.29) is 23.3 Å². The summed E-state index contributed by atoms with van der Waals surface area (Å²) in [5, 5.41) is 18.8. The highest BCUT2D eigenvalue weighted by Gasteiger charge is 2.32. The van der Waals surface area contributed by atoms with Gasteiger partial charge in [-0.2, -0.15) is 4.31 Å². The van der Waals surface area contributed by atoms with Crippen molar-refractivity contribution >= 4 is 10.0 Å². The maximum Gasteiger partial charge on any atom is 0.243 e. The van der Waals surface area contributed by atoms with Crippen molar-refractivity contribution in [1.29, 1.82) is 0 Å². The molecule has 5 nitrogen and oxygen atoms in total. The lowest BCUT2D eigenvalue weighted by Crippen LogP contribution is -2.41. The number of hydrogen-bond acceptors (Lipinski definition) is 4. The second-order valence-electron chi connectivity index (χ2n) is 4.80. The van der Waals surface area contributed by atoms with Gasteiger partial charge in [0.15, 0.2) is 0 Å². The standard InChI is InChI=1S/C13H19NO4S/c15-10-11-5-2-1-3-8-14(11)19(17,18)13-7-4-6-12(16)9-13/h4,6-7,9,11,15-16H,1-3,5,8,10H2. The van der Waals surface area contributed by atoms with Gasteiger partial charge in [0.25, 0.3) is 0 Å².